The molecule has 8 heteroatoms. The van der Waals surface area contributed by atoms with Crippen LogP contribution in [0.1, 0.15) is 43.1 Å². The van der Waals surface area contributed by atoms with Crippen molar-refractivity contribution in [2.24, 2.45) is 0 Å². The predicted octanol–water partition coefficient (Wildman–Crippen LogP) is 5.44. The molecule has 0 unspecified atom stereocenters. The van der Waals surface area contributed by atoms with Crippen LogP contribution in [0.5, 0.6) is 0 Å². The Balaban J connectivity index is 1.64. The van der Waals surface area contributed by atoms with Crippen molar-refractivity contribution in [3.63, 3.8) is 0 Å². The fourth-order valence-corrected chi connectivity index (χ4v) is 4.71. The molecule has 182 valence electrons. The second-order valence-electron chi connectivity index (χ2n) is 8.82. The summed E-state index contributed by atoms with van der Waals surface area (Å²) < 4.78 is 0. The predicted molar refractivity (Wildman–Crippen MR) is 140 cm³/mol. The van der Waals surface area contributed by atoms with E-state index in [1.54, 1.807) is 31.2 Å². The summed E-state index contributed by atoms with van der Waals surface area (Å²) in [6, 6.07) is 15.4. The number of benzene rings is 3. The van der Waals surface area contributed by atoms with E-state index in [2.05, 4.69) is 5.32 Å². The highest BCUT2D eigenvalue weighted by Gasteiger charge is 2.34. The molecule has 3 aromatic carbocycles. The second-order valence-corrected chi connectivity index (χ2v) is 9.67. The van der Waals surface area contributed by atoms with E-state index in [-0.39, 0.29) is 36.9 Å². The van der Waals surface area contributed by atoms with Crippen LogP contribution in [0.2, 0.25) is 10.0 Å². The molecule has 1 aliphatic heterocycles. The molecular formula is C27H27Cl2N3O3. The summed E-state index contributed by atoms with van der Waals surface area (Å²) >= 11 is 12.4. The lowest BCUT2D eigenvalue weighted by atomic mass is 10.1. The van der Waals surface area contributed by atoms with Crippen molar-refractivity contribution in [2.75, 3.05) is 11.4 Å². The minimum Gasteiger partial charge on any atom is -0.352 e. The van der Waals surface area contributed by atoms with E-state index in [1.807, 2.05) is 44.2 Å². The van der Waals surface area contributed by atoms with Gasteiger partial charge in [-0.05, 0) is 55.5 Å². The summed E-state index contributed by atoms with van der Waals surface area (Å²) in [4.78, 5) is 42.8. The first kappa shape index (κ1) is 25.0. The summed E-state index contributed by atoms with van der Waals surface area (Å²) in [5.41, 5.74) is 1.92. The molecule has 1 aliphatic rings. The molecule has 2 atom stereocenters. The van der Waals surface area contributed by atoms with Gasteiger partial charge in [-0.15, -0.1) is 0 Å². The summed E-state index contributed by atoms with van der Waals surface area (Å²) in [5.74, 6) is -0.858. The molecule has 1 heterocycles. The molecule has 0 bridgehead atoms. The van der Waals surface area contributed by atoms with E-state index in [4.69, 9.17) is 23.2 Å². The maximum atomic E-state index is 13.7. The SMILES string of the molecule is CC[C@@H](C)NC(=O)[C@H](C)N(Cc1ccc(Cl)cc1Cl)C(=O)CN1C(=O)c2cccc3cccc1c23. The molecular weight excluding hydrogens is 485 g/mol. The third-order valence-electron chi connectivity index (χ3n) is 6.47. The van der Waals surface area contributed by atoms with Gasteiger partial charge in [0.25, 0.3) is 5.91 Å². The van der Waals surface area contributed by atoms with Crippen LogP contribution in [-0.2, 0) is 16.1 Å². The Morgan fingerprint density at radius 3 is 2.46 bits per heavy atom. The van der Waals surface area contributed by atoms with Gasteiger partial charge in [-0.25, -0.2) is 0 Å². The Kier molecular flexibility index (Phi) is 7.33. The first-order valence-corrected chi connectivity index (χ1v) is 12.3. The van der Waals surface area contributed by atoms with E-state index < -0.39 is 6.04 Å². The fraction of sp³-hybridized carbons (Fsp3) is 0.296. The van der Waals surface area contributed by atoms with Gasteiger partial charge in [-0.2, -0.15) is 0 Å². The number of amides is 3. The van der Waals surface area contributed by atoms with Crippen molar-refractivity contribution in [2.45, 2.75) is 45.8 Å². The zero-order chi connectivity index (χ0) is 25.3. The maximum absolute atomic E-state index is 13.7. The highest BCUT2D eigenvalue weighted by molar-refractivity contribution is 6.35. The molecule has 0 aliphatic carbocycles. The van der Waals surface area contributed by atoms with Gasteiger partial charge in [-0.1, -0.05) is 60.5 Å². The molecule has 0 radical (unpaired) electrons. The largest absolute Gasteiger partial charge is 0.352 e. The minimum absolute atomic E-state index is 0.0340. The summed E-state index contributed by atoms with van der Waals surface area (Å²) in [5, 5.41) is 5.60. The number of hydrogen-bond donors (Lipinski definition) is 1. The fourth-order valence-electron chi connectivity index (χ4n) is 4.24. The number of carbonyl (C=O) groups is 3. The van der Waals surface area contributed by atoms with E-state index in [0.29, 0.717) is 26.9 Å². The van der Waals surface area contributed by atoms with Gasteiger partial charge in [0.05, 0.1) is 5.69 Å². The van der Waals surface area contributed by atoms with Crippen LogP contribution in [0.4, 0.5) is 5.69 Å². The van der Waals surface area contributed by atoms with E-state index >= 15 is 0 Å². The van der Waals surface area contributed by atoms with E-state index in [0.717, 1.165) is 17.2 Å². The Morgan fingerprint density at radius 1 is 1.06 bits per heavy atom. The Morgan fingerprint density at radius 2 is 1.77 bits per heavy atom. The average Bonchev–Trinajstić information content (AvgIpc) is 3.11. The normalized spacial score (nSPS) is 14.2. The molecule has 0 aromatic heterocycles. The number of rotatable bonds is 8. The van der Waals surface area contributed by atoms with Gasteiger partial charge in [-0.3, -0.25) is 19.3 Å². The quantitative estimate of drug-likeness (QED) is 0.437. The van der Waals surface area contributed by atoms with Crippen LogP contribution in [0.3, 0.4) is 0 Å². The summed E-state index contributed by atoms with van der Waals surface area (Å²) in [6.07, 6.45) is 0.764. The van der Waals surface area contributed by atoms with Gasteiger partial charge in [0.1, 0.15) is 12.6 Å². The zero-order valence-electron chi connectivity index (χ0n) is 19.8. The van der Waals surface area contributed by atoms with Crippen molar-refractivity contribution in [1.82, 2.24) is 10.2 Å². The second kappa shape index (κ2) is 10.3. The van der Waals surface area contributed by atoms with Crippen LogP contribution < -0.4 is 10.2 Å². The van der Waals surface area contributed by atoms with Crippen molar-refractivity contribution >= 4 is 57.4 Å². The number of nitrogens with zero attached hydrogens (tertiary/aromatic N) is 2. The van der Waals surface area contributed by atoms with Crippen LogP contribution in [0.25, 0.3) is 10.8 Å². The highest BCUT2D eigenvalue weighted by atomic mass is 35.5. The average molecular weight is 512 g/mol. The molecule has 4 rings (SSSR count). The first-order chi connectivity index (χ1) is 16.7. The molecule has 3 amide bonds. The molecule has 1 N–H and O–H groups in total. The molecule has 3 aromatic rings. The van der Waals surface area contributed by atoms with Gasteiger partial charge in [0.15, 0.2) is 0 Å². The topological polar surface area (TPSA) is 69.7 Å². The summed E-state index contributed by atoms with van der Waals surface area (Å²) in [7, 11) is 0. The number of anilines is 1. The standard InChI is InChI=1S/C27H27Cl2N3O3/c1-4-16(2)30-26(34)17(3)31(14-19-11-12-20(28)13-22(19)29)24(33)15-32-23-10-6-8-18-7-5-9-21(25(18)23)27(32)35/h5-13,16-17H,4,14-15H2,1-3H3,(H,30,34)/t16-,17+/m1/s1. The van der Waals surface area contributed by atoms with Crippen LogP contribution in [-0.4, -0.2) is 41.2 Å². The highest BCUT2D eigenvalue weighted by Crippen LogP contribution is 2.37. The van der Waals surface area contributed by atoms with Crippen LogP contribution in [0.15, 0.2) is 54.6 Å². The Labute approximate surface area is 214 Å². The lowest BCUT2D eigenvalue weighted by Crippen LogP contribution is -2.52. The zero-order valence-corrected chi connectivity index (χ0v) is 21.4. The molecule has 35 heavy (non-hydrogen) atoms. The molecule has 0 spiro atoms. The molecule has 0 saturated carbocycles. The van der Waals surface area contributed by atoms with Gasteiger partial charge in [0, 0.05) is 33.6 Å². The lowest BCUT2D eigenvalue weighted by Gasteiger charge is -2.31. The van der Waals surface area contributed by atoms with Crippen molar-refractivity contribution in [1.29, 1.82) is 0 Å². The monoisotopic (exact) mass is 511 g/mol. The maximum Gasteiger partial charge on any atom is 0.259 e. The number of hydrogen-bond acceptors (Lipinski definition) is 3. The van der Waals surface area contributed by atoms with Gasteiger partial charge >= 0.3 is 0 Å². The van der Waals surface area contributed by atoms with E-state index in [1.165, 1.54) is 9.80 Å². The number of halogens is 2. The minimum atomic E-state index is -0.779. The first-order valence-electron chi connectivity index (χ1n) is 11.6. The van der Waals surface area contributed by atoms with E-state index in [9.17, 15) is 14.4 Å². The third-order valence-corrected chi connectivity index (χ3v) is 7.05. The van der Waals surface area contributed by atoms with Crippen LogP contribution >= 0.6 is 23.2 Å². The number of carbonyl (C=O) groups excluding carboxylic acids is 3. The molecule has 0 saturated heterocycles. The van der Waals surface area contributed by atoms with Crippen molar-refractivity contribution in [3.8, 4) is 0 Å². The third kappa shape index (κ3) is 5.00. The lowest BCUT2D eigenvalue weighted by molar-refractivity contribution is -0.139. The van der Waals surface area contributed by atoms with Crippen molar-refractivity contribution < 1.29 is 14.4 Å². The Bertz CT molecular complexity index is 1300. The number of nitrogens with one attached hydrogen (secondary N) is 1. The Hall–Kier alpha value is -3.09. The summed E-state index contributed by atoms with van der Waals surface area (Å²) in [6.45, 7) is 5.47. The molecule has 6 nitrogen and oxygen atoms in total. The smallest absolute Gasteiger partial charge is 0.259 e. The molecule has 0 fully saturated rings. The van der Waals surface area contributed by atoms with Gasteiger partial charge in [0.2, 0.25) is 11.8 Å². The van der Waals surface area contributed by atoms with Crippen molar-refractivity contribution in [3.05, 3.63) is 75.8 Å². The van der Waals surface area contributed by atoms with Gasteiger partial charge < -0.3 is 10.2 Å². The van der Waals surface area contributed by atoms with Crippen LogP contribution in [0, 0.1) is 0 Å².